The molecule has 1 aliphatic rings. The molecule has 158 valence electrons. The summed E-state index contributed by atoms with van der Waals surface area (Å²) in [6, 6.07) is 3.07. The third-order valence-electron chi connectivity index (χ3n) is 5.37. The van der Waals surface area contributed by atoms with E-state index in [0.717, 1.165) is 44.2 Å². The smallest absolute Gasteiger partial charge is 0.268 e. The summed E-state index contributed by atoms with van der Waals surface area (Å²) in [5.74, 6) is -1.70. The Morgan fingerprint density at radius 1 is 1.31 bits per heavy atom. The van der Waals surface area contributed by atoms with Crippen molar-refractivity contribution in [3.8, 4) is 0 Å². The summed E-state index contributed by atoms with van der Waals surface area (Å²) in [5, 5.41) is 15.5. The zero-order valence-corrected chi connectivity index (χ0v) is 16.8. The van der Waals surface area contributed by atoms with Crippen molar-refractivity contribution in [3.05, 3.63) is 48.1 Å². The molecule has 0 spiro atoms. The Balaban J connectivity index is 1.84. The standard InChI is InChI=1S/C20H27F2N5O2/c1-27(2,25-19(28)15-6-4-3-5-7-15)12-20(29,11-26-14-23-13-24-26)17-9-8-16(21)10-18(17)22/h8-10,13-15,29H,3-7,11-12H2,1-2H3/p+1. The van der Waals surface area contributed by atoms with Crippen LogP contribution in [-0.2, 0) is 16.9 Å². The van der Waals surface area contributed by atoms with E-state index in [-0.39, 0.29) is 35.1 Å². The second-order valence-corrected chi connectivity index (χ2v) is 8.40. The van der Waals surface area contributed by atoms with Crippen LogP contribution in [0.15, 0.2) is 30.9 Å². The Bertz CT molecular complexity index is 837. The number of hydrogen-bond acceptors (Lipinski definition) is 4. The van der Waals surface area contributed by atoms with Gasteiger partial charge in [0.1, 0.15) is 30.8 Å². The molecule has 0 bridgehead atoms. The maximum atomic E-state index is 14.6. The van der Waals surface area contributed by atoms with Crippen LogP contribution < -0.4 is 5.43 Å². The van der Waals surface area contributed by atoms with Crippen LogP contribution in [0.25, 0.3) is 0 Å². The number of rotatable bonds is 7. The topological polar surface area (TPSA) is 80.0 Å². The van der Waals surface area contributed by atoms with Gasteiger partial charge in [-0.15, -0.1) is 0 Å². The molecule has 1 saturated carbocycles. The van der Waals surface area contributed by atoms with Gasteiger partial charge in [0, 0.05) is 17.5 Å². The number of quaternary nitrogens is 1. The van der Waals surface area contributed by atoms with E-state index in [4.69, 9.17) is 0 Å². The molecule has 2 N–H and O–H groups in total. The highest BCUT2D eigenvalue weighted by molar-refractivity contribution is 5.77. The molecular weight excluding hydrogens is 380 g/mol. The molecule has 0 radical (unpaired) electrons. The number of carbonyl (C=O) groups excluding carboxylic acids is 1. The van der Waals surface area contributed by atoms with Crippen LogP contribution in [0.4, 0.5) is 8.78 Å². The molecule has 9 heteroatoms. The molecular formula is C20H28F2N5O2+. The highest BCUT2D eigenvalue weighted by atomic mass is 19.1. The second-order valence-electron chi connectivity index (χ2n) is 8.40. The molecule has 0 saturated heterocycles. The minimum absolute atomic E-state index is 0.0477. The van der Waals surface area contributed by atoms with Crippen molar-refractivity contribution in [2.45, 2.75) is 44.2 Å². The van der Waals surface area contributed by atoms with E-state index in [2.05, 4.69) is 15.5 Å². The number of hydrogen-bond donors (Lipinski definition) is 2. The summed E-state index contributed by atoms with van der Waals surface area (Å²) in [6.45, 7) is -0.148. The zero-order valence-electron chi connectivity index (χ0n) is 16.8. The van der Waals surface area contributed by atoms with Gasteiger partial charge < -0.3 is 5.11 Å². The van der Waals surface area contributed by atoms with Crippen molar-refractivity contribution in [1.82, 2.24) is 20.2 Å². The van der Waals surface area contributed by atoms with Crippen molar-refractivity contribution in [3.63, 3.8) is 0 Å². The number of halogens is 2. The fourth-order valence-corrected chi connectivity index (χ4v) is 4.12. The summed E-state index contributed by atoms with van der Waals surface area (Å²) in [4.78, 5) is 16.6. The average Bonchev–Trinajstić information content (AvgIpc) is 3.13. The zero-order chi connectivity index (χ0) is 21.1. The largest absolute Gasteiger partial charge is 0.377 e. The quantitative estimate of drug-likeness (QED) is 0.543. The molecule has 29 heavy (non-hydrogen) atoms. The Morgan fingerprint density at radius 3 is 2.66 bits per heavy atom. The van der Waals surface area contributed by atoms with E-state index < -0.39 is 17.2 Å². The lowest BCUT2D eigenvalue weighted by Gasteiger charge is -2.38. The van der Waals surface area contributed by atoms with E-state index in [1.807, 2.05) is 0 Å². The molecule has 1 fully saturated rings. The van der Waals surface area contributed by atoms with Gasteiger partial charge in [-0.05, 0) is 25.0 Å². The Morgan fingerprint density at radius 2 is 2.03 bits per heavy atom. The summed E-state index contributed by atoms with van der Waals surface area (Å²) in [7, 11) is 3.46. The third-order valence-corrected chi connectivity index (χ3v) is 5.37. The molecule has 2 aromatic rings. The van der Waals surface area contributed by atoms with Crippen molar-refractivity contribution < 1.29 is 23.3 Å². The third kappa shape index (κ3) is 5.36. The normalized spacial score (nSPS) is 17.7. The van der Waals surface area contributed by atoms with Gasteiger partial charge in [-0.25, -0.2) is 28.5 Å². The summed E-state index contributed by atoms with van der Waals surface area (Å²) in [5.41, 5.74) is 1.14. The second kappa shape index (κ2) is 8.54. The van der Waals surface area contributed by atoms with Crippen molar-refractivity contribution in [2.24, 2.45) is 5.92 Å². The molecule has 1 aliphatic carbocycles. The number of likely N-dealkylation sites (N-methyl/N-ethyl adjacent to an activating group) is 1. The summed E-state index contributed by atoms with van der Waals surface area (Å²) >= 11 is 0. The van der Waals surface area contributed by atoms with Crippen LogP contribution in [0.2, 0.25) is 0 Å². The minimum atomic E-state index is -1.76. The number of nitrogens with one attached hydrogen (secondary N) is 1. The molecule has 3 rings (SSSR count). The van der Waals surface area contributed by atoms with Crippen LogP contribution in [0, 0.1) is 17.6 Å². The predicted octanol–water partition coefficient (Wildman–Crippen LogP) is 2.13. The first-order chi connectivity index (χ1) is 13.7. The van der Waals surface area contributed by atoms with Gasteiger partial charge in [-0.3, -0.25) is 4.79 Å². The molecule has 1 aromatic carbocycles. The van der Waals surface area contributed by atoms with Gasteiger partial charge in [0.2, 0.25) is 0 Å². The van der Waals surface area contributed by atoms with E-state index in [0.29, 0.717) is 0 Å². The first-order valence-electron chi connectivity index (χ1n) is 9.84. The summed E-state index contributed by atoms with van der Waals surface area (Å²) in [6.07, 6.45) is 7.62. The predicted molar refractivity (Wildman–Crippen MR) is 102 cm³/mol. The van der Waals surface area contributed by atoms with Gasteiger partial charge in [-0.1, -0.05) is 19.3 Å². The molecule has 1 amide bonds. The molecule has 1 heterocycles. The molecule has 1 atom stereocenters. The number of nitrogens with zero attached hydrogens (tertiary/aromatic N) is 4. The van der Waals surface area contributed by atoms with Gasteiger partial charge in [0.15, 0.2) is 5.60 Å². The van der Waals surface area contributed by atoms with Crippen LogP contribution in [0.1, 0.15) is 37.7 Å². The Labute approximate surface area is 168 Å². The minimum Gasteiger partial charge on any atom is -0.377 e. The van der Waals surface area contributed by atoms with Crippen LogP contribution in [-0.4, -0.2) is 51.0 Å². The van der Waals surface area contributed by atoms with E-state index in [9.17, 15) is 18.7 Å². The van der Waals surface area contributed by atoms with Gasteiger partial charge in [0.25, 0.3) is 5.91 Å². The molecule has 1 unspecified atom stereocenters. The fraction of sp³-hybridized carbons (Fsp3) is 0.550. The number of amides is 1. The van der Waals surface area contributed by atoms with Crippen molar-refractivity contribution in [2.75, 3.05) is 20.6 Å². The lowest BCUT2D eigenvalue weighted by atomic mass is 9.89. The fourth-order valence-electron chi connectivity index (χ4n) is 4.12. The Hall–Kier alpha value is -2.39. The van der Waals surface area contributed by atoms with Gasteiger partial charge in [0.05, 0.1) is 20.6 Å². The highest BCUT2D eigenvalue weighted by Crippen LogP contribution is 2.29. The van der Waals surface area contributed by atoms with Crippen LogP contribution >= 0.6 is 0 Å². The van der Waals surface area contributed by atoms with E-state index in [1.54, 1.807) is 14.1 Å². The number of carbonyl (C=O) groups is 1. The SMILES string of the molecule is C[N+](C)(CC(O)(Cn1cncn1)c1ccc(F)cc1F)NC(=O)C1CCCCC1. The number of aliphatic hydroxyl groups is 1. The monoisotopic (exact) mass is 408 g/mol. The van der Waals surface area contributed by atoms with Gasteiger partial charge >= 0.3 is 0 Å². The molecule has 1 aromatic heterocycles. The average molecular weight is 408 g/mol. The van der Waals surface area contributed by atoms with E-state index >= 15 is 0 Å². The molecule has 7 nitrogen and oxygen atoms in total. The number of aromatic nitrogens is 3. The lowest BCUT2D eigenvalue weighted by molar-refractivity contribution is -0.932. The van der Waals surface area contributed by atoms with E-state index in [1.165, 1.54) is 23.4 Å². The lowest BCUT2D eigenvalue weighted by Crippen LogP contribution is -2.61. The van der Waals surface area contributed by atoms with Crippen LogP contribution in [0.3, 0.4) is 0 Å². The maximum Gasteiger partial charge on any atom is 0.268 e. The first-order valence-corrected chi connectivity index (χ1v) is 9.84. The van der Waals surface area contributed by atoms with Crippen LogP contribution in [0.5, 0.6) is 0 Å². The first kappa shape index (κ1) is 21.3. The van der Waals surface area contributed by atoms with Gasteiger partial charge in [-0.2, -0.15) is 5.10 Å². The molecule has 0 aliphatic heterocycles. The maximum absolute atomic E-state index is 14.6. The Kier molecular flexibility index (Phi) is 6.28. The number of benzene rings is 1. The highest BCUT2D eigenvalue weighted by Gasteiger charge is 2.41. The summed E-state index contributed by atoms with van der Waals surface area (Å²) < 4.78 is 29.3. The van der Waals surface area contributed by atoms with Crippen molar-refractivity contribution >= 4 is 5.91 Å². The van der Waals surface area contributed by atoms with Crippen molar-refractivity contribution in [1.29, 1.82) is 0 Å².